The second-order valence-electron chi connectivity index (χ2n) is 16.1. The number of nitrogens with zero attached hydrogens (tertiary/aromatic N) is 6. The fourth-order valence-corrected chi connectivity index (χ4v) is 9.47. The van der Waals surface area contributed by atoms with E-state index < -0.39 is 13.2 Å². The van der Waals surface area contributed by atoms with Crippen molar-refractivity contribution in [2.75, 3.05) is 24.6 Å². The van der Waals surface area contributed by atoms with Crippen LogP contribution in [0.3, 0.4) is 0 Å². The van der Waals surface area contributed by atoms with Crippen LogP contribution in [0.25, 0.3) is 22.5 Å². The van der Waals surface area contributed by atoms with Crippen LogP contribution in [-0.2, 0) is 0 Å². The second kappa shape index (κ2) is 16.2. The Hall–Kier alpha value is -4.44. The molecule has 4 aromatic heterocycles. The van der Waals surface area contributed by atoms with Crippen molar-refractivity contribution >= 4 is 11.6 Å². The number of aromatic nitrogens is 6. The first-order valence-electron chi connectivity index (χ1n) is 19.8. The second-order valence-corrected chi connectivity index (χ2v) is 16.1. The molecule has 8 atom stereocenters. The lowest BCUT2D eigenvalue weighted by Crippen LogP contribution is -2.27. The molecule has 0 spiro atoms. The third-order valence-corrected chi connectivity index (χ3v) is 11.9. The predicted molar refractivity (Wildman–Crippen MR) is 207 cm³/mol. The highest BCUT2D eigenvalue weighted by Crippen LogP contribution is 2.64. The van der Waals surface area contributed by atoms with Crippen LogP contribution in [0.15, 0.2) is 36.7 Å². The maximum atomic E-state index is 12.6. The number of pyridine rings is 2. The minimum absolute atomic E-state index is 0.0567. The molecule has 4 aromatic rings. The number of hydrogen-bond donors (Lipinski definition) is 4. The van der Waals surface area contributed by atoms with Gasteiger partial charge < -0.3 is 31.6 Å². The fourth-order valence-electron chi connectivity index (χ4n) is 9.47. The minimum atomic E-state index is -2.95. The van der Waals surface area contributed by atoms with Crippen LogP contribution in [0.2, 0.25) is 0 Å². The maximum Gasteiger partial charge on any atom is 0.387 e. The normalized spacial score (nSPS) is 26.1. The first kappa shape index (κ1) is 39.8. The summed E-state index contributed by atoms with van der Waals surface area (Å²) in [5.74, 6) is 3.50. The highest BCUT2D eigenvalue weighted by molar-refractivity contribution is 5.65. The molecule has 0 saturated heterocycles. The number of nitrogens with two attached hydrogens (primary N) is 2. The minimum Gasteiger partial charge on any atom is -0.431 e. The Morgan fingerprint density at radius 1 is 0.643 bits per heavy atom. The Morgan fingerprint density at radius 2 is 1.00 bits per heavy atom. The number of rotatable bonds is 14. The Balaban J connectivity index is 0.000000172. The summed E-state index contributed by atoms with van der Waals surface area (Å²) in [6.07, 6.45) is 7.93. The SMILES string of the molecule is CCNC1C[C@@H]2C(c3cc(-c4cnc(N)c(OC(F)F)c4)nn3C(C)C)[C@@H]2C1.CCNC1C[C@@H]2C(c3cc(-c4cnc(N)c(OC(F)F)c4)nn3C(C)C)[C@@H]2C1. The summed E-state index contributed by atoms with van der Waals surface area (Å²) < 4.78 is 63.5. The summed E-state index contributed by atoms with van der Waals surface area (Å²) in [5, 5.41) is 16.6. The number of nitrogen functional groups attached to an aromatic ring is 2. The van der Waals surface area contributed by atoms with Gasteiger partial charge in [0.2, 0.25) is 0 Å². The summed E-state index contributed by atoms with van der Waals surface area (Å²) in [6.45, 7) is 8.84. The summed E-state index contributed by atoms with van der Waals surface area (Å²) in [4.78, 5) is 8.00. The van der Waals surface area contributed by atoms with Crippen molar-refractivity contribution in [3.8, 4) is 34.0 Å². The highest BCUT2D eigenvalue weighted by atomic mass is 19.3. The van der Waals surface area contributed by atoms with E-state index in [1.165, 1.54) is 49.2 Å². The highest BCUT2D eigenvalue weighted by Gasteiger charge is 2.58. The lowest BCUT2D eigenvalue weighted by atomic mass is 10.0. The van der Waals surface area contributed by atoms with Gasteiger partial charge in [-0.1, -0.05) is 13.8 Å². The topological polar surface area (TPSA) is 156 Å². The van der Waals surface area contributed by atoms with E-state index in [9.17, 15) is 17.6 Å². The van der Waals surface area contributed by atoms with E-state index in [2.05, 4.69) is 93.1 Å². The van der Waals surface area contributed by atoms with Gasteiger partial charge >= 0.3 is 13.2 Å². The fraction of sp³-hybridized carbons (Fsp3) is 0.600. The van der Waals surface area contributed by atoms with Gasteiger partial charge in [-0.25, -0.2) is 9.97 Å². The van der Waals surface area contributed by atoms with Crippen LogP contribution < -0.4 is 31.6 Å². The van der Waals surface area contributed by atoms with Gasteiger partial charge in [-0.3, -0.25) is 9.36 Å². The lowest BCUT2D eigenvalue weighted by Gasteiger charge is -2.16. The van der Waals surface area contributed by atoms with Crippen LogP contribution >= 0.6 is 0 Å². The van der Waals surface area contributed by atoms with Crippen LogP contribution in [0.5, 0.6) is 11.5 Å². The molecule has 56 heavy (non-hydrogen) atoms. The third-order valence-electron chi connectivity index (χ3n) is 11.9. The van der Waals surface area contributed by atoms with Crippen molar-refractivity contribution in [3.05, 3.63) is 48.0 Å². The first-order chi connectivity index (χ1) is 26.8. The molecule has 4 fully saturated rings. The molecule has 0 radical (unpaired) electrons. The lowest BCUT2D eigenvalue weighted by molar-refractivity contribution is -0.0501. The van der Waals surface area contributed by atoms with E-state index in [4.69, 9.17) is 21.7 Å². The van der Waals surface area contributed by atoms with Gasteiger partial charge in [0, 0.05) is 70.9 Å². The molecule has 4 saturated carbocycles. The van der Waals surface area contributed by atoms with Gasteiger partial charge in [-0.15, -0.1) is 0 Å². The van der Waals surface area contributed by atoms with Crippen LogP contribution in [0.4, 0.5) is 29.2 Å². The molecule has 0 amide bonds. The van der Waals surface area contributed by atoms with Crippen molar-refractivity contribution in [2.45, 2.75) is 116 Å². The van der Waals surface area contributed by atoms with Crippen molar-refractivity contribution in [1.82, 2.24) is 40.2 Å². The standard InChI is InChI=1S/2C20H27F2N5O/c2*1-4-24-12-6-13-14(7-12)18(13)16-8-15(26-27(16)10(2)3)11-5-17(28-20(21)22)19(23)25-9-11/h2*5,8-10,12-14,18,20,24H,4,6-7H2,1-3H3,(H2,23,25)/t2*12?,13-,14+,18?. The summed E-state index contributed by atoms with van der Waals surface area (Å²) in [6, 6.07) is 8.81. The predicted octanol–water partition coefficient (Wildman–Crippen LogP) is 7.62. The number of ether oxygens (including phenoxy) is 2. The van der Waals surface area contributed by atoms with E-state index in [1.807, 2.05) is 0 Å². The van der Waals surface area contributed by atoms with Gasteiger partial charge in [-0.05, 0) is 114 Å². The van der Waals surface area contributed by atoms with E-state index in [0.717, 1.165) is 13.1 Å². The Kier molecular flexibility index (Phi) is 11.5. The molecule has 6 N–H and O–H groups in total. The Morgan fingerprint density at radius 3 is 1.30 bits per heavy atom. The average molecular weight is 783 g/mol. The van der Waals surface area contributed by atoms with Crippen LogP contribution in [-0.4, -0.2) is 67.9 Å². The number of nitrogens with one attached hydrogen (secondary N) is 2. The van der Waals surface area contributed by atoms with Gasteiger partial charge in [0.1, 0.15) is 0 Å². The number of fused-ring (bicyclic) bond motifs is 2. The summed E-state index contributed by atoms with van der Waals surface area (Å²) in [5.41, 5.74) is 16.4. The van der Waals surface area contributed by atoms with E-state index in [0.29, 0.717) is 70.1 Å². The van der Waals surface area contributed by atoms with Crippen molar-refractivity contribution < 1.29 is 27.0 Å². The van der Waals surface area contributed by atoms with Crippen molar-refractivity contribution in [3.63, 3.8) is 0 Å². The maximum absolute atomic E-state index is 12.6. The molecule has 0 aliphatic heterocycles. The van der Waals surface area contributed by atoms with E-state index in [1.54, 1.807) is 12.4 Å². The molecule has 4 heterocycles. The molecule has 0 bridgehead atoms. The summed E-state index contributed by atoms with van der Waals surface area (Å²) >= 11 is 0. The van der Waals surface area contributed by atoms with Crippen molar-refractivity contribution in [1.29, 1.82) is 0 Å². The summed E-state index contributed by atoms with van der Waals surface area (Å²) in [7, 11) is 0. The molecule has 0 aromatic carbocycles. The van der Waals surface area contributed by atoms with Gasteiger partial charge in [0.25, 0.3) is 0 Å². The number of hydrogen-bond acceptors (Lipinski definition) is 10. The van der Waals surface area contributed by atoms with Gasteiger partial charge in [0.05, 0.1) is 11.4 Å². The average Bonchev–Trinajstić information content (AvgIpc) is 3.59. The van der Waals surface area contributed by atoms with Gasteiger partial charge in [0.15, 0.2) is 23.1 Å². The quantitative estimate of drug-likeness (QED) is 0.0939. The molecule has 16 heteroatoms. The molecule has 4 aliphatic rings. The molecular weight excluding hydrogens is 728 g/mol. The van der Waals surface area contributed by atoms with Gasteiger partial charge in [-0.2, -0.15) is 27.8 Å². The zero-order valence-corrected chi connectivity index (χ0v) is 32.8. The van der Waals surface area contributed by atoms with E-state index in [-0.39, 0.29) is 35.2 Å². The molecule has 4 aliphatic carbocycles. The molecule has 8 rings (SSSR count). The third kappa shape index (κ3) is 8.18. The zero-order chi connectivity index (χ0) is 40.0. The monoisotopic (exact) mass is 782 g/mol. The Labute approximate surface area is 325 Å². The zero-order valence-electron chi connectivity index (χ0n) is 32.8. The van der Waals surface area contributed by atoms with Crippen LogP contribution in [0, 0.1) is 23.7 Å². The molecule has 12 nitrogen and oxygen atoms in total. The largest absolute Gasteiger partial charge is 0.431 e. The van der Waals surface area contributed by atoms with Crippen LogP contribution in [0.1, 0.15) is 103 Å². The first-order valence-corrected chi connectivity index (χ1v) is 19.8. The Bertz CT molecular complexity index is 1820. The van der Waals surface area contributed by atoms with E-state index >= 15 is 0 Å². The molecule has 304 valence electrons. The molecular formula is C40H54F4N10O2. The smallest absolute Gasteiger partial charge is 0.387 e. The number of alkyl halides is 4. The number of halogens is 4. The number of anilines is 2. The van der Waals surface area contributed by atoms with Crippen molar-refractivity contribution in [2.24, 2.45) is 23.7 Å². The molecule has 4 unspecified atom stereocenters.